The smallest absolute Gasteiger partial charge is 0.327 e. The number of ether oxygens (including phenoxy) is 1. The van der Waals surface area contributed by atoms with Gasteiger partial charge in [-0.05, 0) is 44.0 Å². The fourth-order valence-electron chi connectivity index (χ4n) is 4.06. The molecular formula is C21H28N4O5. The molecule has 1 saturated heterocycles. The minimum Gasteiger partial charge on any atom is -0.494 e. The lowest BCUT2D eigenvalue weighted by Gasteiger charge is -2.35. The number of hydrogen-bond acceptors (Lipinski definition) is 5. The van der Waals surface area contributed by atoms with E-state index in [-0.39, 0.29) is 19.0 Å². The zero-order valence-electron chi connectivity index (χ0n) is 17.4. The lowest BCUT2D eigenvalue weighted by atomic mass is 9.81. The van der Waals surface area contributed by atoms with Crippen molar-refractivity contribution in [3.8, 4) is 5.75 Å². The quantitative estimate of drug-likeness (QED) is 0.658. The Labute approximate surface area is 175 Å². The third-order valence-electron chi connectivity index (χ3n) is 5.68. The maximum absolute atomic E-state index is 12.9. The van der Waals surface area contributed by atoms with E-state index in [0.717, 1.165) is 24.2 Å². The van der Waals surface area contributed by atoms with Crippen LogP contribution in [0.4, 0.5) is 10.5 Å². The Morgan fingerprint density at radius 3 is 2.37 bits per heavy atom. The van der Waals surface area contributed by atoms with Gasteiger partial charge in [-0.15, -0.1) is 0 Å². The Kier molecular flexibility index (Phi) is 6.59. The number of anilines is 1. The van der Waals surface area contributed by atoms with Gasteiger partial charge >= 0.3 is 6.03 Å². The first-order chi connectivity index (χ1) is 14.4. The number of nitrogens with one attached hydrogen (secondary N) is 2. The number of carbonyl (C=O) groups is 4. The lowest BCUT2D eigenvalue weighted by molar-refractivity contribution is -0.137. The van der Waals surface area contributed by atoms with Crippen molar-refractivity contribution in [3.63, 3.8) is 0 Å². The summed E-state index contributed by atoms with van der Waals surface area (Å²) in [5, 5.41) is 5.13. The van der Waals surface area contributed by atoms with Crippen molar-refractivity contribution < 1.29 is 23.9 Å². The number of imide groups is 1. The van der Waals surface area contributed by atoms with Gasteiger partial charge in [0.15, 0.2) is 0 Å². The van der Waals surface area contributed by atoms with Crippen molar-refractivity contribution in [2.75, 3.05) is 32.1 Å². The van der Waals surface area contributed by atoms with E-state index in [2.05, 4.69) is 10.6 Å². The van der Waals surface area contributed by atoms with E-state index < -0.39 is 23.4 Å². The molecule has 1 aromatic carbocycles. The van der Waals surface area contributed by atoms with Gasteiger partial charge in [0, 0.05) is 12.7 Å². The highest BCUT2D eigenvalue weighted by Gasteiger charge is 2.55. The summed E-state index contributed by atoms with van der Waals surface area (Å²) in [6.07, 6.45) is 4.05. The highest BCUT2D eigenvalue weighted by molar-refractivity contribution is 6.09. The predicted molar refractivity (Wildman–Crippen MR) is 110 cm³/mol. The molecule has 0 bridgehead atoms. The molecule has 1 heterocycles. The molecule has 3 rings (SSSR count). The van der Waals surface area contributed by atoms with Gasteiger partial charge in [-0.2, -0.15) is 0 Å². The summed E-state index contributed by atoms with van der Waals surface area (Å²) in [5.41, 5.74) is -0.246. The van der Waals surface area contributed by atoms with Gasteiger partial charge in [0.2, 0.25) is 11.8 Å². The molecule has 0 atom stereocenters. The van der Waals surface area contributed by atoms with Crippen LogP contribution in [0.3, 0.4) is 0 Å². The van der Waals surface area contributed by atoms with Crippen LogP contribution in [-0.2, 0) is 14.4 Å². The number of hydrogen-bond donors (Lipinski definition) is 2. The fraction of sp³-hybridized carbons (Fsp3) is 0.524. The maximum atomic E-state index is 12.9. The van der Waals surface area contributed by atoms with Crippen molar-refractivity contribution in [2.24, 2.45) is 0 Å². The Morgan fingerprint density at radius 2 is 1.73 bits per heavy atom. The number of urea groups is 1. The largest absolute Gasteiger partial charge is 0.494 e. The first-order valence-corrected chi connectivity index (χ1v) is 10.3. The zero-order chi connectivity index (χ0) is 21.7. The van der Waals surface area contributed by atoms with Crippen LogP contribution < -0.4 is 15.4 Å². The molecule has 9 nitrogen and oxygen atoms in total. The van der Waals surface area contributed by atoms with E-state index in [1.54, 1.807) is 31.3 Å². The summed E-state index contributed by atoms with van der Waals surface area (Å²) in [5.74, 6) is -0.583. The maximum Gasteiger partial charge on any atom is 0.327 e. The molecule has 0 radical (unpaired) electrons. The van der Waals surface area contributed by atoms with E-state index in [4.69, 9.17) is 4.74 Å². The third-order valence-corrected chi connectivity index (χ3v) is 5.68. The SMILES string of the molecule is CCOc1ccc(NC(=O)CNC(=O)CN2C(=O)N(C)C3(CCCCC3)C2=O)cc1. The van der Waals surface area contributed by atoms with Crippen LogP contribution in [0.1, 0.15) is 39.0 Å². The highest BCUT2D eigenvalue weighted by atomic mass is 16.5. The van der Waals surface area contributed by atoms with Gasteiger partial charge in [-0.25, -0.2) is 4.79 Å². The van der Waals surface area contributed by atoms with Crippen molar-refractivity contribution >= 4 is 29.4 Å². The van der Waals surface area contributed by atoms with Gasteiger partial charge in [-0.3, -0.25) is 19.3 Å². The molecule has 9 heteroatoms. The molecule has 2 aliphatic rings. The van der Waals surface area contributed by atoms with Crippen molar-refractivity contribution in [3.05, 3.63) is 24.3 Å². The van der Waals surface area contributed by atoms with Gasteiger partial charge in [0.05, 0.1) is 13.2 Å². The zero-order valence-corrected chi connectivity index (χ0v) is 17.4. The fourth-order valence-corrected chi connectivity index (χ4v) is 4.06. The normalized spacial score (nSPS) is 17.9. The molecule has 30 heavy (non-hydrogen) atoms. The molecule has 1 aliphatic carbocycles. The molecule has 1 aromatic rings. The molecule has 2 N–H and O–H groups in total. The highest BCUT2D eigenvalue weighted by Crippen LogP contribution is 2.39. The van der Waals surface area contributed by atoms with Gasteiger partial charge < -0.3 is 20.3 Å². The lowest BCUT2D eigenvalue weighted by Crippen LogP contribution is -2.49. The third kappa shape index (κ3) is 4.39. The minimum absolute atomic E-state index is 0.261. The van der Waals surface area contributed by atoms with Crippen LogP contribution in [-0.4, -0.2) is 65.8 Å². The van der Waals surface area contributed by atoms with Crippen molar-refractivity contribution in [1.82, 2.24) is 15.1 Å². The van der Waals surface area contributed by atoms with Crippen LogP contribution in [0.25, 0.3) is 0 Å². The van der Waals surface area contributed by atoms with E-state index in [0.29, 0.717) is 30.9 Å². The van der Waals surface area contributed by atoms with Crippen molar-refractivity contribution in [2.45, 2.75) is 44.6 Å². The Balaban J connectivity index is 1.50. The monoisotopic (exact) mass is 416 g/mol. The molecule has 162 valence electrons. The Morgan fingerprint density at radius 1 is 1.07 bits per heavy atom. The van der Waals surface area contributed by atoms with Gasteiger partial charge in [0.25, 0.3) is 5.91 Å². The topological polar surface area (TPSA) is 108 Å². The number of benzene rings is 1. The van der Waals surface area contributed by atoms with E-state index in [1.807, 2.05) is 6.92 Å². The standard InChI is InChI=1S/C21H28N4O5/c1-3-30-16-9-7-15(8-10-16)23-17(26)13-22-18(27)14-25-19(28)21(24(2)20(25)29)11-5-4-6-12-21/h7-10H,3-6,11-14H2,1-2H3,(H,22,27)(H,23,26). The summed E-state index contributed by atoms with van der Waals surface area (Å²) >= 11 is 0. The van der Waals surface area contributed by atoms with Crippen LogP contribution in [0, 0.1) is 0 Å². The summed E-state index contributed by atoms with van der Waals surface area (Å²) in [6, 6.07) is 6.41. The number of amides is 5. The number of likely N-dealkylation sites (N-methyl/N-ethyl adjacent to an activating group) is 1. The molecule has 5 amide bonds. The van der Waals surface area contributed by atoms with Crippen LogP contribution >= 0.6 is 0 Å². The Hall–Kier alpha value is -3.10. The average molecular weight is 416 g/mol. The minimum atomic E-state index is -0.819. The first kappa shape index (κ1) is 21.6. The molecular weight excluding hydrogens is 388 g/mol. The predicted octanol–water partition coefficient (Wildman–Crippen LogP) is 1.74. The van der Waals surface area contributed by atoms with E-state index in [9.17, 15) is 19.2 Å². The first-order valence-electron chi connectivity index (χ1n) is 10.3. The number of nitrogens with zero attached hydrogens (tertiary/aromatic N) is 2. The van der Waals surface area contributed by atoms with Crippen LogP contribution in [0.15, 0.2) is 24.3 Å². The second-order valence-electron chi connectivity index (χ2n) is 7.61. The molecule has 0 unspecified atom stereocenters. The summed E-state index contributed by atoms with van der Waals surface area (Å²) in [7, 11) is 1.62. The van der Waals surface area contributed by atoms with E-state index in [1.165, 1.54) is 4.90 Å². The average Bonchev–Trinajstić information content (AvgIpc) is 2.91. The van der Waals surface area contributed by atoms with Gasteiger partial charge in [-0.1, -0.05) is 19.3 Å². The molecule has 1 aliphatic heterocycles. The molecule has 1 spiro atoms. The van der Waals surface area contributed by atoms with Gasteiger partial charge in [0.1, 0.15) is 17.8 Å². The van der Waals surface area contributed by atoms with Crippen LogP contribution in [0.2, 0.25) is 0 Å². The Bertz CT molecular complexity index is 817. The summed E-state index contributed by atoms with van der Waals surface area (Å²) in [6.45, 7) is 1.79. The number of rotatable bonds is 7. The molecule has 1 saturated carbocycles. The van der Waals surface area contributed by atoms with Crippen molar-refractivity contribution in [1.29, 1.82) is 0 Å². The second-order valence-corrected chi connectivity index (χ2v) is 7.61. The molecule has 2 fully saturated rings. The van der Waals surface area contributed by atoms with Crippen LogP contribution in [0.5, 0.6) is 5.75 Å². The number of carbonyl (C=O) groups excluding carboxylic acids is 4. The summed E-state index contributed by atoms with van der Waals surface area (Å²) in [4.78, 5) is 52.2. The van der Waals surface area contributed by atoms with E-state index >= 15 is 0 Å². The second kappa shape index (κ2) is 9.15. The summed E-state index contributed by atoms with van der Waals surface area (Å²) < 4.78 is 5.34. The molecule has 0 aromatic heterocycles.